The second-order valence-electron chi connectivity index (χ2n) is 9.47. The van der Waals surface area contributed by atoms with Gasteiger partial charge >= 0.3 is 0 Å². The maximum atomic E-state index is 13.6. The summed E-state index contributed by atoms with van der Waals surface area (Å²) in [7, 11) is -3.93. The number of benzene rings is 3. The van der Waals surface area contributed by atoms with Gasteiger partial charge in [-0.3, -0.25) is 9.10 Å². The summed E-state index contributed by atoms with van der Waals surface area (Å²) >= 11 is 0. The monoisotopic (exact) mass is 478 g/mol. The van der Waals surface area contributed by atoms with Crippen LogP contribution in [-0.4, -0.2) is 20.9 Å². The number of aryl methyl sites for hydroxylation is 1. The van der Waals surface area contributed by atoms with Crippen molar-refractivity contribution in [2.24, 2.45) is 0 Å². The molecule has 1 atom stereocenters. The van der Waals surface area contributed by atoms with Gasteiger partial charge in [0.25, 0.3) is 10.0 Å². The molecule has 0 spiro atoms. The molecule has 3 rings (SSSR count). The second-order valence-corrected chi connectivity index (χ2v) is 11.3. The third kappa shape index (κ3) is 5.86. The topological polar surface area (TPSA) is 66.5 Å². The standard InChI is InChI=1S/C28H34N2O3S/c1-6-22-12-10-11-15-26(22)30(34(32,33)25-13-8-7-9-14-25)20-27(31)29-21(2)23-16-18-24(19-17-23)28(3,4)5/h7-19,21H,6,20H2,1-5H3,(H,29,31)/t21-/m1/s1. The molecule has 0 unspecified atom stereocenters. The van der Waals surface area contributed by atoms with Gasteiger partial charge in [0.2, 0.25) is 5.91 Å². The smallest absolute Gasteiger partial charge is 0.264 e. The van der Waals surface area contributed by atoms with E-state index in [-0.39, 0.29) is 28.8 Å². The summed E-state index contributed by atoms with van der Waals surface area (Å²) in [4.78, 5) is 13.2. The lowest BCUT2D eigenvalue weighted by Crippen LogP contribution is -2.42. The molecule has 6 heteroatoms. The van der Waals surface area contributed by atoms with Crippen molar-refractivity contribution < 1.29 is 13.2 Å². The van der Waals surface area contributed by atoms with Crippen LogP contribution < -0.4 is 9.62 Å². The SMILES string of the molecule is CCc1ccccc1N(CC(=O)N[C@H](C)c1ccc(C(C)(C)C)cc1)S(=O)(=O)c1ccccc1. The largest absolute Gasteiger partial charge is 0.348 e. The highest BCUT2D eigenvalue weighted by molar-refractivity contribution is 7.92. The molecule has 1 amide bonds. The summed E-state index contributed by atoms with van der Waals surface area (Å²) < 4.78 is 28.4. The van der Waals surface area contributed by atoms with Gasteiger partial charge in [-0.05, 0) is 53.6 Å². The molecule has 0 aliphatic rings. The van der Waals surface area contributed by atoms with Gasteiger partial charge in [-0.1, -0.05) is 88.4 Å². The first-order valence-electron chi connectivity index (χ1n) is 11.6. The number of amides is 1. The summed E-state index contributed by atoms with van der Waals surface area (Å²) in [6.45, 7) is 10.0. The van der Waals surface area contributed by atoms with E-state index in [1.807, 2.05) is 38.1 Å². The van der Waals surface area contributed by atoms with E-state index in [2.05, 4.69) is 38.2 Å². The molecule has 0 aliphatic heterocycles. The molecule has 34 heavy (non-hydrogen) atoms. The molecule has 180 valence electrons. The van der Waals surface area contributed by atoms with Crippen molar-refractivity contribution in [2.75, 3.05) is 10.8 Å². The fraction of sp³-hybridized carbons (Fsp3) is 0.321. The van der Waals surface area contributed by atoms with Crippen LogP contribution in [0.2, 0.25) is 0 Å². The van der Waals surface area contributed by atoms with Gasteiger partial charge in [0.15, 0.2) is 0 Å². The number of nitrogens with one attached hydrogen (secondary N) is 1. The minimum Gasteiger partial charge on any atom is -0.348 e. The first kappa shape index (κ1) is 25.5. The predicted octanol–water partition coefficient (Wildman–Crippen LogP) is 5.62. The van der Waals surface area contributed by atoms with E-state index in [4.69, 9.17) is 0 Å². The van der Waals surface area contributed by atoms with Crippen molar-refractivity contribution in [3.05, 3.63) is 95.6 Å². The Morgan fingerprint density at radius 1 is 0.912 bits per heavy atom. The minimum absolute atomic E-state index is 0.0456. The molecule has 3 aromatic rings. The number of hydrogen-bond acceptors (Lipinski definition) is 3. The van der Waals surface area contributed by atoms with Crippen LogP contribution in [0, 0.1) is 0 Å². The molecular weight excluding hydrogens is 444 g/mol. The Labute approximate surface area is 203 Å². The molecule has 0 aliphatic carbocycles. The molecule has 3 aromatic carbocycles. The van der Waals surface area contributed by atoms with Crippen LogP contribution in [0.15, 0.2) is 83.8 Å². The molecule has 0 bridgehead atoms. The maximum Gasteiger partial charge on any atom is 0.264 e. The van der Waals surface area contributed by atoms with Crippen LogP contribution in [0.5, 0.6) is 0 Å². The van der Waals surface area contributed by atoms with E-state index in [0.29, 0.717) is 12.1 Å². The van der Waals surface area contributed by atoms with E-state index in [1.54, 1.807) is 42.5 Å². The molecule has 5 nitrogen and oxygen atoms in total. The average molecular weight is 479 g/mol. The Balaban J connectivity index is 1.87. The molecule has 0 heterocycles. The van der Waals surface area contributed by atoms with Crippen LogP contribution in [0.1, 0.15) is 57.4 Å². The van der Waals surface area contributed by atoms with Crippen LogP contribution >= 0.6 is 0 Å². The number of para-hydroxylation sites is 1. The zero-order valence-corrected chi connectivity index (χ0v) is 21.4. The van der Waals surface area contributed by atoms with Gasteiger partial charge in [-0.2, -0.15) is 0 Å². The maximum absolute atomic E-state index is 13.6. The quantitative estimate of drug-likeness (QED) is 0.457. The summed E-state index contributed by atoms with van der Waals surface area (Å²) in [6.07, 6.45) is 0.648. The molecule has 0 radical (unpaired) electrons. The summed E-state index contributed by atoms with van der Waals surface area (Å²) in [5.74, 6) is -0.363. The molecule has 0 saturated heterocycles. The normalized spacial score (nSPS) is 12.7. The molecule has 0 saturated carbocycles. The van der Waals surface area contributed by atoms with Crippen molar-refractivity contribution in [3.63, 3.8) is 0 Å². The van der Waals surface area contributed by atoms with Crippen LogP contribution in [-0.2, 0) is 26.7 Å². The first-order valence-corrected chi connectivity index (χ1v) is 13.0. The van der Waals surface area contributed by atoms with E-state index in [9.17, 15) is 13.2 Å². The van der Waals surface area contributed by atoms with Crippen molar-refractivity contribution in [2.45, 2.75) is 57.4 Å². The van der Waals surface area contributed by atoms with Crippen LogP contribution in [0.25, 0.3) is 0 Å². The van der Waals surface area contributed by atoms with E-state index in [1.165, 1.54) is 9.87 Å². The number of sulfonamides is 1. The van der Waals surface area contributed by atoms with Crippen molar-refractivity contribution in [1.82, 2.24) is 5.32 Å². The van der Waals surface area contributed by atoms with E-state index < -0.39 is 10.0 Å². The number of hydrogen-bond donors (Lipinski definition) is 1. The Hall–Kier alpha value is -3.12. The molecule has 0 aromatic heterocycles. The fourth-order valence-corrected chi connectivity index (χ4v) is 5.32. The van der Waals surface area contributed by atoms with Gasteiger partial charge in [-0.25, -0.2) is 8.42 Å². The highest BCUT2D eigenvalue weighted by atomic mass is 32.2. The number of anilines is 1. The predicted molar refractivity (Wildman–Crippen MR) is 138 cm³/mol. The lowest BCUT2D eigenvalue weighted by Gasteiger charge is -2.27. The Bertz CT molecular complexity index is 1210. The lowest BCUT2D eigenvalue weighted by molar-refractivity contribution is -0.120. The summed E-state index contributed by atoms with van der Waals surface area (Å²) in [5.41, 5.74) is 3.61. The lowest BCUT2D eigenvalue weighted by atomic mass is 9.86. The average Bonchev–Trinajstić information content (AvgIpc) is 2.82. The summed E-state index contributed by atoms with van der Waals surface area (Å²) in [5, 5.41) is 2.97. The van der Waals surface area contributed by atoms with E-state index >= 15 is 0 Å². The molecule has 1 N–H and O–H groups in total. The fourth-order valence-electron chi connectivity index (χ4n) is 3.85. The van der Waals surface area contributed by atoms with Gasteiger partial charge in [0.1, 0.15) is 6.54 Å². The number of rotatable bonds is 8. The zero-order chi connectivity index (χ0) is 24.9. The highest BCUT2D eigenvalue weighted by Crippen LogP contribution is 2.28. The minimum atomic E-state index is -3.93. The zero-order valence-electron chi connectivity index (χ0n) is 20.6. The third-order valence-corrected chi connectivity index (χ3v) is 7.69. The first-order chi connectivity index (χ1) is 16.0. The third-order valence-electron chi connectivity index (χ3n) is 5.91. The number of carbonyl (C=O) groups excluding carboxylic acids is 1. The van der Waals surface area contributed by atoms with Gasteiger partial charge in [0.05, 0.1) is 16.6 Å². The Kier molecular flexibility index (Phi) is 7.82. The van der Waals surface area contributed by atoms with Crippen molar-refractivity contribution in [1.29, 1.82) is 0 Å². The van der Waals surface area contributed by atoms with Crippen LogP contribution in [0.4, 0.5) is 5.69 Å². The number of nitrogens with zero attached hydrogens (tertiary/aromatic N) is 1. The Morgan fingerprint density at radius 2 is 1.50 bits per heavy atom. The van der Waals surface area contributed by atoms with E-state index in [0.717, 1.165) is 11.1 Å². The Morgan fingerprint density at radius 3 is 2.09 bits per heavy atom. The summed E-state index contributed by atoms with van der Waals surface area (Å²) in [6, 6.07) is 23.4. The molecular formula is C28H34N2O3S. The number of carbonyl (C=O) groups is 1. The molecule has 0 fully saturated rings. The van der Waals surface area contributed by atoms with Gasteiger partial charge in [0, 0.05) is 0 Å². The van der Waals surface area contributed by atoms with Crippen molar-refractivity contribution in [3.8, 4) is 0 Å². The van der Waals surface area contributed by atoms with Crippen LogP contribution in [0.3, 0.4) is 0 Å². The highest BCUT2D eigenvalue weighted by Gasteiger charge is 2.29. The van der Waals surface area contributed by atoms with Gasteiger partial charge < -0.3 is 5.32 Å². The van der Waals surface area contributed by atoms with Gasteiger partial charge in [-0.15, -0.1) is 0 Å². The van der Waals surface area contributed by atoms with Crippen molar-refractivity contribution >= 4 is 21.6 Å². The second kappa shape index (κ2) is 10.4.